The minimum atomic E-state index is -4.27. The van der Waals surface area contributed by atoms with Gasteiger partial charge in [-0.2, -0.15) is 18.3 Å². The smallest absolute Gasteiger partial charge is 0.326 e. The Balaban J connectivity index is 2.33. The summed E-state index contributed by atoms with van der Waals surface area (Å²) in [5, 5.41) is 3.74. The fourth-order valence-electron chi connectivity index (χ4n) is 1.99. The highest BCUT2D eigenvalue weighted by atomic mass is 19.4. The maximum atomic E-state index is 12.3. The quantitative estimate of drug-likeness (QED) is 0.931. The molecule has 0 fully saturated rings. The van der Waals surface area contributed by atoms with E-state index in [1.807, 2.05) is 25.1 Å². The number of hydrogen-bond donors (Lipinski definition) is 1. The lowest BCUT2D eigenvalue weighted by atomic mass is 9.99. The van der Waals surface area contributed by atoms with Crippen LogP contribution in [0, 0.1) is 6.92 Å². The number of alkyl halides is 3. The van der Waals surface area contributed by atoms with Crippen LogP contribution >= 0.6 is 0 Å². The minimum absolute atomic E-state index is 0.399. The van der Waals surface area contributed by atoms with Gasteiger partial charge >= 0.3 is 6.18 Å². The molecule has 3 nitrogen and oxygen atoms in total. The van der Waals surface area contributed by atoms with Crippen molar-refractivity contribution in [1.82, 2.24) is 9.78 Å². The van der Waals surface area contributed by atoms with Gasteiger partial charge in [-0.1, -0.05) is 18.2 Å². The number of aromatic nitrogens is 2. The van der Waals surface area contributed by atoms with Gasteiger partial charge in [0.15, 0.2) is 0 Å². The molecule has 102 valence electrons. The first-order chi connectivity index (χ1) is 8.90. The van der Waals surface area contributed by atoms with E-state index in [1.165, 1.54) is 12.4 Å². The second-order valence-electron chi connectivity index (χ2n) is 4.34. The fraction of sp³-hybridized carbons (Fsp3) is 0.308. The first-order valence-corrected chi connectivity index (χ1v) is 5.79. The van der Waals surface area contributed by atoms with Gasteiger partial charge in [-0.05, 0) is 23.6 Å². The molecule has 2 N–H and O–H groups in total. The number of benzene rings is 1. The average Bonchev–Trinajstić information content (AvgIpc) is 2.75. The van der Waals surface area contributed by atoms with Crippen molar-refractivity contribution in [2.75, 3.05) is 0 Å². The van der Waals surface area contributed by atoms with Crippen LogP contribution in [0.5, 0.6) is 0 Å². The van der Waals surface area contributed by atoms with E-state index in [9.17, 15) is 13.2 Å². The summed E-state index contributed by atoms with van der Waals surface area (Å²) in [6.45, 7) is 1.22. The van der Waals surface area contributed by atoms with Crippen molar-refractivity contribution in [3.05, 3.63) is 41.7 Å². The van der Waals surface area contributed by atoms with Crippen LogP contribution in [0.15, 0.2) is 30.6 Å². The van der Waals surface area contributed by atoms with Crippen molar-refractivity contribution in [2.24, 2.45) is 5.73 Å². The van der Waals surface area contributed by atoms with Crippen LogP contribution in [-0.2, 0) is 13.1 Å². The molecule has 0 bridgehead atoms. The Morgan fingerprint density at radius 2 is 2.05 bits per heavy atom. The second kappa shape index (κ2) is 5.05. The summed E-state index contributed by atoms with van der Waals surface area (Å²) >= 11 is 0. The standard InChI is InChI=1S/C13H14F3N3/c1-9-10(5-17)3-2-4-12(9)11-6-18-19(7-11)8-13(14,15)16/h2-4,6-7H,5,8,17H2,1H3. The van der Waals surface area contributed by atoms with Gasteiger partial charge in [0.25, 0.3) is 0 Å². The van der Waals surface area contributed by atoms with E-state index in [1.54, 1.807) is 0 Å². The molecule has 2 rings (SSSR count). The number of nitrogens with two attached hydrogens (primary N) is 1. The van der Waals surface area contributed by atoms with Gasteiger partial charge in [0.2, 0.25) is 0 Å². The van der Waals surface area contributed by atoms with Crippen molar-refractivity contribution in [3.8, 4) is 11.1 Å². The zero-order valence-corrected chi connectivity index (χ0v) is 10.4. The molecule has 1 aromatic carbocycles. The van der Waals surface area contributed by atoms with E-state index >= 15 is 0 Å². The van der Waals surface area contributed by atoms with Gasteiger partial charge in [0.05, 0.1) is 6.20 Å². The molecule has 0 radical (unpaired) electrons. The molecule has 0 unspecified atom stereocenters. The predicted octanol–water partition coefficient (Wildman–Crippen LogP) is 2.88. The van der Waals surface area contributed by atoms with Crippen LogP contribution in [-0.4, -0.2) is 16.0 Å². The van der Waals surface area contributed by atoms with E-state index in [0.29, 0.717) is 12.1 Å². The largest absolute Gasteiger partial charge is 0.408 e. The molecule has 0 amide bonds. The second-order valence-corrected chi connectivity index (χ2v) is 4.34. The fourth-order valence-corrected chi connectivity index (χ4v) is 1.99. The van der Waals surface area contributed by atoms with Gasteiger partial charge in [0.1, 0.15) is 6.54 Å². The molecule has 19 heavy (non-hydrogen) atoms. The third kappa shape index (κ3) is 3.14. The zero-order valence-electron chi connectivity index (χ0n) is 10.4. The lowest BCUT2D eigenvalue weighted by Crippen LogP contribution is -2.17. The maximum Gasteiger partial charge on any atom is 0.408 e. The molecule has 0 saturated heterocycles. The summed E-state index contributed by atoms with van der Waals surface area (Å²) in [6, 6.07) is 5.59. The molecule has 0 spiro atoms. The van der Waals surface area contributed by atoms with Crippen molar-refractivity contribution in [2.45, 2.75) is 26.2 Å². The first-order valence-electron chi connectivity index (χ1n) is 5.79. The Hall–Kier alpha value is -1.82. The van der Waals surface area contributed by atoms with Crippen molar-refractivity contribution >= 4 is 0 Å². The van der Waals surface area contributed by atoms with Gasteiger partial charge in [-0.3, -0.25) is 4.68 Å². The molecule has 0 saturated carbocycles. The highest BCUT2D eigenvalue weighted by molar-refractivity contribution is 5.67. The van der Waals surface area contributed by atoms with Crippen LogP contribution in [0.3, 0.4) is 0 Å². The van der Waals surface area contributed by atoms with Gasteiger partial charge < -0.3 is 5.73 Å². The highest BCUT2D eigenvalue weighted by Crippen LogP contribution is 2.26. The maximum absolute atomic E-state index is 12.3. The number of halogens is 3. The lowest BCUT2D eigenvalue weighted by Gasteiger charge is -2.08. The summed E-state index contributed by atoms with van der Waals surface area (Å²) in [5.41, 5.74) is 9.08. The van der Waals surface area contributed by atoms with Gasteiger partial charge in [0, 0.05) is 18.3 Å². The van der Waals surface area contributed by atoms with Crippen molar-refractivity contribution < 1.29 is 13.2 Å². The number of nitrogens with zero attached hydrogens (tertiary/aromatic N) is 2. The highest BCUT2D eigenvalue weighted by Gasteiger charge is 2.28. The lowest BCUT2D eigenvalue weighted by molar-refractivity contribution is -0.142. The molecule has 0 aliphatic carbocycles. The van der Waals surface area contributed by atoms with Gasteiger partial charge in [-0.15, -0.1) is 0 Å². The van der Waals surface area contributed by atoms with Gasteiger partial charge in [-0.25, -0.2) is 0 Å². The molecule has 0 aliphatic rings. The normalized spacial score (nSPS) is 11.8. The zero-order chi connectivity index (χ0) is 14.0. The Bertz CT molecular complexity index is 573. The van der Waals surface area contributed by atoms with Crippen LogP contribution in [0.2, 0.25) is 0 Å². The monoisotopic (exact) mass is 269 g/mol. The third-order valence-corrected chi connectivity index (χ3v) is 2.95. The average molecular weight is 269 g/mol. The van der Waals surface area contributed by atoms with Crippen molar-refractivity contribution in [1.29, 1.82) is 0 Å². The SMILES string of the molecule is Cc1c(CN)cccc1-c1cnn(CC(F)(F)F)c1. The number of hydrogen-bond acceptors (Lipinski definition) is 2. The molecule has 0 aliphatic heterocycles. The molecule has 6 heteroatoms. The van der Waals surface area contributed by atoms with E-state index in [4.69, 9.17) is 5.73 Å². The van der Waals surface area contributed by atoms with E-state index in [-0.39, 0.29) is 0 Å². The third-order valence-electron chi connectivity index (χ3n) is 2.95. The van der Waals surface area contributed by atoms with Crippen LogP contribution in [0.1, 0.15) is 11.1 Å². The van der Waals surface area contributed by atoms with Crippen molar-refractivity contribution in [3.63, 3.8) is 0 Å². The first kappa shape index (κ1) is 13.6. The Labute approximate surface area is 108 Å². The Kier molecular flexibility index (Phi) is 3.61. The summed E-state index contributed by atoms with van der Waals surface area (Å²) in [4.78, 5) is 0. The summed E-state index contributed by atoms with van der Waals surface area (Å²) in [6.07, 6.45) is -1.43. The molecular formula is C13H14F3N3. The topological polar surface area (TPSA) is 43.8 Å². The Morgan fingerprint density at radius 3 is 2.68 bits per heavy atom. The molecular weight excluding hydrogens is 255 g/mol. The Morgan fingerprint density at radius 1 is 1.32 bits per heavy atom. The number of rotatable bonds is 3. The summed E-state index contributed by atoms with van der Waals surface area (Å²) in [5.74, 6) is 0. The summed E-state index contributed by atoms with van der Waals surface area (Å²) in [7, 11) is 0. The van der Waals surface area contributed by atoms with E-state index in [2.05, 4.69) is 5.10 Å². The van der Waals surface area contributed by atoms with E-state index in [0.717, 1.165) is 21.4 Å². The summed E-state index contributed by atoms with van der Waals surface area (Å²) < 4.78 is 37.7. The molecule has 0 atom stereocenters. The predicted molar refractivity (Wildman–Crippen MR) is 66.3 cm³/mol. The molecule has 1 heterocycles. The van der Waals surface area contributed by atoms with E-state index < -0.39 is 12.7 Å². The van der Waals surface area contributed by atoms with Crippen LogP contribution in [0.25, 0.3) is 11.1 Å². The minimum Gasteiger partial charge on any atom is -0.326 e. The van der Waals surface area contributed by atoms with Crippen LogP contribution in [0.4, 0.5) is 13.2 Å². The molecule has 2 aromatic rings. The molecule has 1 aromatic heterocycles. The van der Waals surface area contributed by atoms with Crippen LogP contribution < -0.4 is 5.73 Å².